The average Bonchev–Trinajstić information content (AvgIpc) is 2.61. The van der Waals surface area contributed by atoms with Crippen LogP contribution in [0.15, 0.2) is 47.4 Å². The number of benzene rings is 2. The highest BCUT2D eigenvalue weighted by Crippen LogP contribution is 2.29. The summed E-state index contributed by atoms with van der Waals surface area (Å²) < 4.78 is 5.46. The van der Waals surface area contributed by atoms with Gasteiger partial charge in [0.15, 0.2) is 0 Å². The fourth-order valence-corrected chi connectivity index (χ4v) is 3.52. The zero-order valence-electron chi connectivity index (χ0n) is 15.5. The Morgan fingerprint density at radius 3 is 2.56 bits per heavy atom. The van der Waals surface area contributed by atoms with Crippen LogP contribution in [0.2, 0.25) is 0 Å². The molecule has 0 saturated carbocycles. The number of aryl methyl sites for hydroxylation is 1. The molecule has 0 saturated heterocycles. The molecule has 1 N–H and O–H groups in total. The monoisotopic (exact) mass is 357 g/mol. The fourth-order valence-electron chi connectivity index (χ4n) is 2.64. The van der Waals surface area contributed by atoms with E-state index in [1.807, 2.05) is 25.1 Å². The van der Waals surface area contributed by atoms with Crippen LogP contribution >= 0.6 is 11.8 Å². The van der Waals surface area contributed by atoms with Gasteiger partial charge in [-0.3, -0.25) is 4.79 Å². The molecule has 134 valence electrons. The van der Waals surface area contributed by atoms with E-state index in [1.165, 1.54) is 10.5 Å². The number of hydrogen-bond acceptors (Lipinski definition) is 3. The van der Waals surface area contributed by atoms with Gasteiger partial charge in [-0.25, -0.2) is 0 Å². The molecule has 4 heteroatoms. The maximum atomic E-state index is 12.4. The standard InChI is InChI=1S/C21H27NO2S/c1-5-6-16(3)22-21(23)17-9-12-20(24-4)18(13-17)14-25-19-10-7-15(2)8-11-19/h7-13,16H,5-6,14H2,1-4H3,(H,22,23)/t16-/m0/s1. The van der Waals surface area contributed by atoms with Gasteiger partial charge in [0.05, 0.1) is 7.11 Å². The number of carbonyl (C=O) groups excluding carboxylic acids is 1. The van der Waals surface area contributed by atoms with Gasteiger partial charge in [0, 0.05) is 27.8 Å². The first-order chi connectivity index (χ1) is 12.0. The van der Waals surface area contributed by atoms with Crippen molar-refractivity contribution in [3.8, 4) is 5.75 Å². The second kappa shape index (κ2) is 9.52. The summed E-state index contributed by atoms with van der Waals surface area (Å²) in [5.74, 6) is 1.56. The van der Waals surface area contributed by atoms with Gasteiger partial charge in [0.1, 0.15) is 5.75 Å². The van der Waals surface area contributed by atoms with Gasteiger partial charge in [-0.2, -0.15) is 0 Å². The molecule has 3 nitrogen and oxygen atoms in total. The number of thioether (sulfide) groups is 1. The first-order valence-electron chi connectivity index (χ1n) is 8.70. The Hall–Kier alpha value is -1.94. The highest BCUT2D eigenvalue weighted by atomic mass is 32.2. The first-order valence-corrected chi connectivity index (χ1v) is 9.69. The summed E-state index contributed by atoms with van der Waals surface area (Å²) in [5.41, 5.74) is 2.97. The molecule has 0 aliphatic heterocycles. The lowest BCUT2D eigenvalue weighted by atomic mass is 10.1. The molecule has 0 bridgehead atoms. The van der Waals surface area contributed by atoms with E-state index in [9.17, 15) is 4.79 Å². The molecule has 25 heavy (non-hydrogen) atoms. The van der Waals surface area contributed by atoms with Crippen molar-refractivity contribution in [3.63, 3.8) is 0 Å². The number of amides is 1. The number of methoxy groups -OCH3 is 1. The second-order valence-electron chi connectivity index (χ2n) is 6.29. The predicted octanol–water partition coefficient (Wildman–Crippen LogP) is 5.21. The van der Waals surface area contributed by atoms with E-state index in [0.717, 1.165) is 29.9 Å². The van der Waals surface area contributed by atoms with Gasteiger partial charge in [-0.05, 0) is 50.6 Å². The van der Waals surface area contributed by atoms with Crippen LogP contribution in [0.4, 0.5) is 0 Å². The van der Waals surface area contributed by atoms with Crippen LogP contribution in [0.1, 0.15) is 48.2 Å². The van der Waals surface area contributed by atoms with E-state index in [1.54, 1.807) is 18.9 Å². The molecule has 0 aliphatic carbocycles. The molecule has 1 atom stereocenters. The predicted molar refractivity (Wildman–Crippen MR) is 106 cm³/mol. The van der Waals surface area contributed by atoms with E-state index in [4.69, 9.17) is 4.74 Å². The van der Waals surface area contributed by atoms with Crippen molar-refractivity contribution in [1.82, 2.24) is 5.32 Å². The summed E-state index contributed by atoms with van der Waals surface area (Å²) >= 11 is 1.74. The Labute approximate surface area is 155 Å². The lowest BCUT2D eigenvalue weighted by molar-refractivity contribution is 0.0938. The zero-order valence-corrected chi connectivity index (χ0v) is 16.3. The lowest BCUT2D eigenvalue weighted by Crippen LogP contribution is -2.32. The van der Waals surface area contributed by atoms with Gasteiger partial charge in [0.2, 0.25) is 0 Å². The van der Waals surface area contributed by atoms with Crippen molar-refractivity contribution in [3.05, 3.63) is 59.2 Å². The normalized spacial score (nSPS) is 11.8. The van der Waals surface area contributed by atoms with Crippen molar-refractivity contribution >= 4 is 17.7 Å². The molecule has 0 fully saturated rings. The molecular weight excluding hydrogens is 330 g/mol. The molecule has 0 heterocycles. The number of ether oxygens (including phenoxy) is 1. The van der Waals surface area contributed by atoms with Crippen molar-refractivity contribution in [1.29, 1.82) is 0 Å². The Bertz CT molecular complexity index is 698. The third-order valence-electron chi connectivity index (χ3n) is 4.06. The van der Waals surface area contributed by atoms with Crippen molar-refractivity contribution in [2.24, 2.45) is 0 Å². The third-order valence-corrected chi connectivity index (χ3v) is 5.12. The largest absolute Gasteiger partial charge is 0.496 e. The number of hydrogen-bond donors (Lipinski definition) is 1. The molecule has 0 spiro atoms. The van der Waals surface area contributed by atoms with Crippen LogP contribution in [0.25, 0.3) is 0 Å². The number of rotatable bonds is 8. The van der Waals surface area contributed by atoms with Crippen molar-refractivity contribution < 1.29 is 9.53 Å². The zero-order chi connectivity index (χ0) is 18.2. The number of carbonyl (C=O) groups is 1. The van der Waals surface area contributed by atoms with E-state index >= 15 is 0 Å². The molecular formula is C21H27NO2S. The minimum atomic E-state index is -0.0230. The van der Waals surface area contributed by atoms with E-state index in [2.05, 4.69) is 43.4 Å². The van der Waals surface area contributed by atoms with Gasteiger partial charge < -0.3 is 10.1 Å². The molecule has 0 aliphatic rings. The molecule has 2 rings (SSSR count). The first kappa shape index (κ1) is 19.4. The Kier molecular flexibility index (Phi) is 7.38. The SMILES string of the molecule is CCC[C@H](C)NC(=O)c1ccc(OC)c(CSc2ccc(C)cc2)c1. The summed E-state index contributed by atoms with van der Waals surface area (Å²) in [6.45, 7) is 6.24. The highest BCUT2D eigenvalue weighted by molar-refractivity contribution is 7.98. The lowest BCUT2D eigenvalue weighted by Gasteiger charge is -2.14. The Morgan fingerprint density at radius 2 is 1.92 bits per heavy atom. The van der Waals surface area contributed by atoms with Crippen molar-refractivity contribution in [2.75, 3.05) is 7.11 Å². The Morgan fingerprint density at radius 1 is 1.20 bits per heavy atom. The van der Waals surface area contributed by atoms with Gasteiger partial charge >= 0.3 is 0 Å². The van der Waals surface area contributed by atoms with E-state index in [-0.39, 0.29) is 11.9 Å². The van der Waals surface area contributed by atoms with Crippen LogP contribution in [-0.4, -0.2) is 19.1 Å². The van der Waals surface area contributed by atoms with E-state index in [0.29, 0.717) is 5.56 Å². The minimum absolute atomic E-state index is 0.0230. The van der Waals surface area contributed by atoms with Crippen LogP contribution in [0, 0.1) is 6.92 Å². The smallest absolute Gasteiger partial charge is 0.251 e. The van der Waals surface area contributed by atoms with Gasteiger partial charge in [-0.15, -0.1) is 11.8 Å². The molecule has 2 aromatic rings. The molecule has 0 radical (unpaired) electrons. The molecule has 1 amide bonds. The molecule has 0 unspecified atom stereocenters. The summed E-state index contributed by atoms with van der Waals surface area (Å²) in [6, 6.07) is 14.3. The highest BCUT2D eigenvalue weighted by Gasteiger charge is 2.12. The maximum Gasteiger partial charge on any atom is 0.251 e. The summed E-state index contributed by atoms with van der Waals surface area (Å²) in [6.07, 6.45) is 2.04. The second-order valence-corrected chi connectivity index (χ2v) is 7.34. The quantitative estimate of drug-likeness (QED) is 0.659. The van der Waals surface area contributed by atoms with Crippen LogP contribution in [-0.2, 0) is 5.75 Å². The Balaban J connectivity index is 2.10. The van der Waals surface area contributed by atoms with Gasteiger partial charge in [0.25, 0.3) is 5.91 Å². The average molecular weight is 358 g/mol. The summed E-state index contributed by atoms with van der Waals surface area (Å²) in [7, 11) is 1.67. The summed E-state index contributed by atoms with van der Waals surface area (Å²) in [5, 5.41) is 3.06. The van der Waals surface area contributed by atoms with Crippen molar-refractivity contribution in [2.45, 2.75) is 50.3 Å². The topological polar surface area (TPSA) is 38.3 Å². The number of nitrogens with one attached hydrogen (secondary N) is 1. The summed E-state index contributed by atoms with van der Waals surface area (Å²) in [4.78, 5) is 13.6. The minimum Gasteiger partial charge on any atom is -0.496 e. The van der Waals surface area contributed by atoms with Crippen LogP contribution < -0.4 is 10.1 Å². The third kappa shape index (κ3) is 5.82. The molecule has 0 aromatic heterocycles. The van der Waals surface area contributed by atoms with Gasteiger partial charge in [-0.1, -0.05) is 31.0 Å². The fraction of sp³-hybridized carbons (Fsp3) is 0.381. The van der Waals surface area contributed by atoms with Crippen LogP contribution in [0.5, 0.6) is 5.75 Å². The van der Waals surface area contributed by atoms with Crippen LogP contribution in [0.3, 0.4) is 0 Å². The van der Waals surface area contributed by atoms with E-state index < -0.39 is 0 Å². The maximum absolute atomic E-state index is 12.4. The molecule has 2 aromatic carbocycles.